The maximum absolute atomic E-state index is 9.15. The molecule has 0 radical (unpaired) electrons. The lowest BCUT2D eigenvalue weighted by atomic mass is 10.1. The summed E-state index contributed by atoms with van der Waals surface area (Å²) in [6.07, 6.45) is -0.145. The molecule has 1 atom stereocenters. The van der Waals surface area contributed by atoms with E-state index in [-0.39, 0.29) is 6.10 Å². The van der Waals surface area contributed by atoms with Crippen LogP contribution < -0.4 is 10.1 Å². The molecule has 2 aromatic carbocycles. The van der Waals surface area contributed by atoms with Crippen LogP contribution in [-0.4, -0.2) is 12.7 Å². The fraction of sp³-hybridized carbons (Fsp3) is 0.167. The topological polar surface area (TPSA) is 54.3 Å². The molecule has 1 aliphatic rings. The van der Waals surface area contributed by atoms with Crippen LogP contribution in [0.4, 0.5) is 5.69 Å². The second kappa shape index (κ2) is 6.33. The standard InChI is InChI=1S/C18H16N2O2/c1-13-17(11-19)18(12-21-13)20-14-7-9-16(10-8-14)22-15-5-3-2-4-6-15/h2-10,13,20H,12H2,1H3. The van der Waals surface area contributed by atoms with Crippen LogP contribution in [0.1, 0.15) is 6.92 Å². The molecule has 3 rings (SSSR count). The first-order valence-corrected chi connectivity index (χ1v) is 7.11. The molecule has 1 aliphatic heterocycles. The molecule has 1 N–H and O–H groups in total. The number of rotatable bonds is 4. The number of para-hydroxylation sites is 1. The Hall–Kier alpha value is -2.77. The van der Waals surface area contributed by atoms with Crippen LogP contribution in [0.5, 0.6) is 11.5 Å². The summed E-state index contributed by atoms with van der Waals surface area (Å²) in [7, 11) is 0. The van der Waals surface area contributed by atoms with E-state index in [2.05, 4.69) is 11.4 Å². The molecule has 0 fully saturated rings. The predicted octanol–water partition coefficient (Wildman–Crippen LogP) is 4.09. The van der Waals surface area contributed by atoms with Gasteiger partial charge in [-0.15, -0.1) is 0 Å². The summed E-state index contributed by atoms with van der Waals surface area (Å²) in [5.41, 5.74) is 2.39. The third-order valence-corrected chi connectivity index (χ3v) is 3.46. The van der Waals surface area contributed by atoms with Gasteiger partial charge in [0, 0.05) is 5.69 Å². The molecule has 0 saturated heterocycles. The first kappa shape index (κ1) is 14.2. The zero-order valence-electron chi connectivity index (χ0n) is 12.2. The second-order valence-corrected chi connectivity index (χ2v) is 5.02. The van der Waals surface area contributed by atoms with E-state index in [1.165, 1.54) is 0 Å². The van der Waals surface area contributed by atoms with Crippen molar-refractivity contribution in [3.05, 3.63) is 65.9 Å². The van der Waals surface area contributed by atoms with E-state index in [0.29, 0.717) is 12.2 Å². The minimum absolute atomic E-state index is 0.145. The van der Waals surface area contributed by atoms with Crippen molar-refractivity contribution in [3.8, 4) is 17.6 Å². The monoisotopic (exact) mass is 292 g/mol. The zero-order chi connectivity index (χ0) is 15.4. The Bertz CT molecular complexity index is 715. The molecule has 1 unspecified atom stereocenters. The quantitative estimate of drug-likeness (QED) is 0.922. The van der Waals surface area contributed by atoms with E-state index in [1.807, 2.05) is 61.5 Å². The summed E-state index contributed by atoms with van der Waals surface area (Å²) in [4.78, 5) is 0. The van der Waals surface area contributed by atoms with E-state index < -0.39 is 0 Å². The fourth-order valence-electron chi connectivity index (χ4n) is 2.28. The maximum atomic E-state index is 9.15. The number of anilines is 1. The third-order valence-electron chi connectivity index (χ3n) is 3.46. The summed E-state index contributed by atoms with van der Waals surface area (Å²) in [5, 5.41) is 12.4. The smallest absolute Gasteiger partial charge is 0.127 e. The summed E-state index contributed by atoms with van der Waals surface area (Å²) >= 11 is 0. The summed E-state index contributed by atoms with van der Waals surface area (Å²) in [6.45, 7) is 2.32. The molecule has 1 heterocycles. The Balaban J connectivity index is 1.70. The number of benzene rings is 2. The lowest BCUT2D eigenvalue weighted by Gasteiger charge is -2.09. The Morgan fingerprint density at radius 1 is 1.09 bits per heavy atom. The Morgan fingerprint density at radius 3 is 2.45 bits per heavy atom. The number of ether oxygens (including phenoxy) is 2. The van der Waals surface area contributed by atoms with Gasteiger partial charge in [-0.05, 0) is 43.3 Å². The van der Waals surface area contributed by atoms with E-state index in [1.54, 1.807) is 0 Å². The second-order valence-electron chi connectivity index (χ2n) is 5.02. The van der Waals surface area contributed by atoms with Gasteiger partial charge in [0.05, 0.1) is 30.1 Å². The van der Waals surface area contributed by atoms with Crippen LogP contribution in [0, 0.1) is 11.3 Å². The van der Waals surface area contributed by atoms with Gasteiger partial charge in [-0.3, -0.25) is 0 Å². The molecule has 22 heavy (non-hydrogen) atoms. The minimum Gasteiger partial charge on any atom is -0.457 e. The van der Waals surface area contributed by atoms with Crippen molar-refractivity contribution in [2.75, 3.05) is 11.9 Å². The van der Waals surface area contributed by atoms with Crippen molar-refractivity contribution in [2.24, 2.45) is 0 Å². The highest BCUT2D eigenvalue weighted by Crippen LogP contribution is 2.25. The van der Waals surface area contributed by atoms with Gasteiger partial charge < -0.3 is 14.8 Å². The van der Waals surface area contributed by atoms with E-state index in [0.717, 1.165) is 22.9 Å². The van der Waals surface area contributed by atoms with Gasteiger partial charge in [-0.2, -0.15) is 5.26 Å². The lowest BCUT2D eigenvalue weighted by Crippen LogP contribution is -2.03. The Morgan fingerprint density at radius 2 is 1.77 bits per heavy atom. The van der Waals surface area contributed by atoms with Crippen molar-refractivity contribution in [1.29, 1.82) is 5.26 Å². The molecule has 4 heteroatoms. The van der Waals surface area contributed by atoms with Gasteiger partial charge in [-0.25, -0.2) is 0 Å². The number of nitriles is 1. The van der Waals surface area contributed by atoms with Crippen LogP contribution in [0.15, 0.2) is 65.9 Å². The molecule has 0 aliphatic carbocycles. The zero-order valence-corrected chi connectivity index (χ0v) is 12.2. The molecule has 0 aromatic heterocycles. The lowest BCUT2D eigenvalue weighted by molar-refractivity contribution is 0.136. The van der Waals surface area contributed by atoms with Gasteiger partial charge in [0.1, 0.15) is 11.5 Å². The number of hydrogen-bond acceptors (Lipinski definition) is 4. The van der Waals surface area contributed by atoms with Crippen molar-refractivity contribution >= 4 is 5.69 Å². The van der Waals surface area contributed by atoms with Crippen LogP contribution >= 0.6 is 0 Å². The molecule has 0 spiro atoms. The largest absolute Gasteiger partial charge is 0.457 e. The fourth-order valence-corrected chi connectivity index (χ4v) is 2.28. The third kappa shape index (κ3) is 3.11. The van der Waals surface area contributed by atoms with Gasteiger partial charge in [0.25, 0.3) is 0 Å². The van der Waals surface area contributed by atoms with E-state index >= 15 is 0 Å². The SMILES string of the molecule is CC1OCC(Nc2ccc(Oc3ccccc3)cc2)=C1C#N. The van der Waals surface area contributed by atoms with Crippen molar-refractivity contribution < 1.29 is 9.47 Å². The molecular formula is C18H16N2O2. The van der Waals surface area contributed by atoms with Crippen LogP contribution in [0.2, 0.25) is 0 Å². The van der Waals surface area contributed by atoms with Gasteiger partial charge in [0.2, 0.25) is 0 Å². The summed E-state index contributed by atoms with van der Waals surface area (Å²) in [5.74, 6) is 1.57. The highest BCUT2D eigenvalue weighted by Gasteiger charge is 2.22. The van der Waals surface area contributed by atoms with Crippen LogP contribution in [-0.2, 0) is 4.74 Å². The molecule has 4 nitrogen and oxygen atoms in total. The van der Waals surface area contributed by atoms with E-state index in [4.69, 9.17) is 14.7 Å². The van der Waals surface area contributed by atoms with Crippen LogP contribution in [0.3, 0.4) is 0 Å². The molecular weight excluding hydrogens is 276 g/mol. The maximum Gasteiger partial charge on any atom is 0.127 e. The minimum atomic E-state index is -0.145. The molecule has 0 amide bonds. The van der Waals surface area contributed by atoms with Crippen molar-refractivity contribution in [3.63, 3.8) is 0 Å². The molecule has 2 aromatic rings. The molecule has 0 bridgehead atoms. The van der Waals surface area contributed by atoms with E-state index in [9.17, 15) is 0 Å². The normalized spacial score (nSPS) is 17.2. The van der Waals surface area contributed by atoms with Crippen molar-refractivity contribution in [2.45, 2.75) is 13.0 Å². The van der Waals surface area contributed by atoms with Crippen LogP contribution in [0.25, 0.3) is 0 Å². The average molecular weight is 292 g/mol. The highest BCUT2D eigenvalue weighted by molar-refractivity contribution is 5.54. The Labute approximate surface area is 129 Å². The summed E-state index contributed by atoms with van der Waals surface area (Å²) in [6, 6.07) is 19.5. The number of nitrogens with one attached hydrogen (secondary N) is 1. The first-order valence-electron chi connectivity index (χ1n) is 7.11. The van der Waals surface area contributed by atoms with Gasteiger partial charge >= 0.3 is 0 Å². The highest BCUT2D eigenvalue weighted by atomic mass is 16.5. The van der Waals surface area contributed by atoms with Gasteiger partial charge in [-0.1, -0.05) is 18.2 Å². The first-order chi connectivity index (χ1) is 10.8. The number of nitrogens with zero attached hydrogens (tertiary/aromatic N) is 1. The molecule has 110 valence electrons. The number of hydrogen-bond donors (Lipinski definition) is 1. The summed E-state index contributed by atoms with van der Waals surface area (Å²) < 4.78 is 11.2. The Kier molecular flexibility index (Phi) is 4.08. The van der Waals surface area contributed by atoms with Gasteiger partial charge in [0.15, 0.2) is 0 Å². The molecule has 0 saturated carbocycles. The van der Waals surface area contributed by atoms with Crippen molar-refractivity contribution in [1.82, 2.24) is 0 Å². The predicted molar refractivity (Wildman–Crippen MR) is 84.6 cm³/mol. The average Bonchev–Trinajstić information content (AvgIpc) is 2.90.